The topological polar surface area (TPSA) is 68.3 Å². The van der Waals surface area contributed by atoms with Gasteiger partial charge >= 0.3 is 5.69 Å². The number of hydrogen-bond acceptors (Lipinski definition) is 4. The molecule has 0 spiro atoms. The normalized spacial score (nSPS) is 10.5. The number of furan rings is 1. The van der Waals surface area contributed by atoms with Crippen molar-refractivity contribution in [2.75, 3.05) is 0 Å². The summed E-state index contributed by atoms with van der Waals surface area (Å²) in [5, 5.41) is 8.80. The van der Waals surface area contributed by atoms with Crippen molar-refractivity contribution in [1.29, 1.82) is 0 Å². The van der Waals surface area contributed by atoms with Crippen LogP contribution in [0, 0.1) is 0 Å². The van der Waals surface area contributed by atoms with Gasteiger partial charge < -0.3 is 9.52 Å². The van der Waals surface area contributed by atoms with E-state index in [4.69, 9.17) is 9.52 Å². The van der Waals surface area contributed by atoms with E-state index in [0.29, 0.717) is 18.1 Å². The first-order valence-corrected chi connectivity index (χ1v) is 4.49. The largest absolute Gasteiger partial charge is 0.462 e. The van der Waals surface area contributed by atoms with E-state index in [9.17, 15) is 4.79 Å². The monoisotopic (exact) mass is 206 g/mol. The first-order valence-electron chi connectivity index (χ1n) is 4.49. The van der Waals surface area contributed by atoms with Crippen LogP contribution < -0.4 is 5.69 Å². The molecule has 0 saturated heterocycles. The highest BCUT2D eigenvalue weighted by atomic mass is 16.4. The highest BCUT2D eigenvalue weighted by molar-refractivity contribution is 5.06. The van der Waals surface area contributed by atoms with E-state index in [1.165, 1.54) is 10.8 Å². The Morgan fingerprint density at radius 3 is 2.87 bits per heavy atom. The van der Waals surface area contributed by atoms with Crippen LogP contribution in [0.1, 0.15) is 11.5 Å². The van der Waals surface area contributed by atoms with Gasteiger partial charge in [-0.15, -0.1) is 0 Å². The zero-order chi connectivity index (χ0) is 10.7. The fourth-order valence-corrected chi connectivity index (χ4v) is 1.27. The van der Waals surface area contributed by atoms with Crippen molar-refractivity contribution in [3.8, 4) is 0 Å². The average molecular weight is 206 g/mol. The number of aromatic nitrogens is 2. The Morgan fingerprint density at radius 2 is 2.20 bits per heavy atom. The van der Waals surface area contributed by atoms with E-state index in [1.807, 2.05) is 0 Å². The van der Waals surface area contributed by atoms with Crippen molar-refractivity contribution in [2.24, 2.45) is 0 Å². The van der Waals surface area contributed by atoms with Gasteiger partial charge in [-0.25, -0.2) is 9.78 Å². The summed E-state index contributed by atoms with van der Waals surface area (Å²) in [6.45, 7) is 0.189. The molecule has 15 heavy (non-hydrogen) atoms. The summed E-state index contributed by atoms with van der Waals surface area (Å²) in [6.07, 6.45) is 3.08. The van der Waals surface area contributed by atoms with E-state index in [2.05, 4.69) is 4.98 Å². The molecule has 0 radical (unpaired) electrons. The third-order valence-corrected chi connectivity index (χ3v) is 1.98. The van der Waals surface area contributed by atoms with Crippen LogP contribution in [0.2, 0.25) is 0 Å². The summed E-state index contributed by atoms with van der Waals surface area (Å²) < 4.78 is 6.68. The van der Waals surface area contributed by atoms with Gasteiger partial charge in [-0.3, -0.25) is 4.57 Å². The molecule has 0 bridgehead atoms. The summed E-state index contributed by atoms with van der Waals surface area (Å²) in [6, 6.07) is 5.08. The molecule has 0 aliphatic carbocycles. The highest BCUT2D eigenvalue weighted by Crippen LogP contribution is 2.08. The minimum Gasteiger partial charge on any atom is -0.462 e. The van der Waals surface area contributed by atoms with Crippen LogP contribution in [0.4, 0.5) is 0 Å². The molecule has 0 atom stereocenters. The molecule has 0 aliphatic rings. The molecular weight excluding hydrogens is 196 g/mol. The lowest BCUT2D eigenvalue weighted by molar-refractivity contribution is 0.243. The van der Waals surface area contributed by atoms with E-state index < -0.39 is 0 Å². The van der Waals surface area contributed by atoms with Gasteiger partial charge in [0.05, 0.1) is 6.54 Å². The Labute approximate surface area is 85.6 Å². The first kappa shape index (κ1) is 9.67. The van der Waals surface area contributed by atoms with Gasteiger partial charge in [-0.1, -0.05) is 0 Å². The van der Waals surface area contributed by atoms with Gasteiger partial charge in [0.25, 0.3) is 0 Å². The van der Waals surface area contributed by atoms with Gasteiger partial charge in [-0.05, 0) is 18.2 Å². The fourth-order valence-electron chi connectivity index (χ4n) is 1.27. The molecule has 0 aliphatic heterocycles. The summed E-state index contributed by atoms with van der Waals surface area (Å²) in [5.74, 6) is 1.11. The summed E-state index contributed by atoms with van der Waals surface area (Å²) in [4.78, 5) is 14.9. The molecule has 0 amide bonds. The van der Waals surface area contributed by atoms with E-state index in [0.717, 1.165) is 0 Å². The summed E-state index contributed by atoms with van der Waals surface area (Å²) in [7, 11) is 0. The lowest BCUT2D eigenvalue weighted by Gasteiger charge is -2.00. The zero-order valence-electron chi connectivity index (χ0n) is 7.96. The second kappa shape index (κ2) is 4.10. The second-order valence-corrected chi connectivity index (χ2v) is 3.06. The molecule has 2 aromatic rings. The maximum Gasteiger partial charge on any atom is 0.347 e. The standard InChI is InChI=1S/C10H10N2O3/c13-7-9-3-2-8(15-9)6-12-5-1-4-11-10(12)14/h1-5,13H,6-7H2. The smallest absolute Gasteiger partial charge is 0.347 e. The molecule has 1 N–H and O–H groups in total. The Kier molecular flexibility index (Phi) is 2.64. The maximum atomic E-state index is 11.3. The van der Waals surface area contributed by atoms with Gasteiger partial charge in [0.15, 0.2) is 0 Å². The van der Waals surface area contributed by atoms with Crippen molar-refractivity contribution in [3.05, 3.63) is 52.6 Å². The van der Waals surface area contributed by atoms with Crippen molar-refractivity contribution >= 4 is 0 Å². The number of hydrogen-bond donors (Lipinski definition) is 1. The van der Waals surface area contributed by atoms with Crippen LogP contribution in [0.3, 0.4) is 0 Å². The molecule has 0 unspecified atom stereocenters. The van der Waals surface area contributed by atoms with Crippen LogP contribution in [0.25, 0.3) is 0 Å². The lowest BCUT2D eigenvalue weighted by Crippen LogP contribution is -2.21. The molecule has 78 valence electrons. The number of aliphatic hydroxyl groups excluding tert-OH is 1. The Bertz CT molecular complexity index is 501. The molecule has 5 heteroatoms. The average Bonchev–Trinajstić information content (AvgIpc) is 2.69. The molecule has 2 rings (SSSR count). The lowest BCUT2D eigenvalue weighted by atomic mass is 10.4. The van der Waals surface area contributed by atoms with E-state index in [1.54, 1.807) is 24.4 Å². The van der Waals surface area contributed by atoms with E-state index in [-0.39, 0.29) is 12.3 Å². The van der Waals surface area contributed by atoms with E-state index >= 15 is 0 Å². The number of rotatable bonds is 3. The third kappa shape index (κ3) is 2.13. The molecular formula is C10H10N2O3. The van der Waals surface area contributed by atoms with Crippen LogP contribution in [0.15, 0.2) is 39.8 Å². The highest BCUT2D eigenvalue weighted by Gasteiger charge is 2.02. The molecule has 5 nitrogen and oxygen atoms in total. The Hall–Kier alpha value is -1.88. The molecule has 0 saturated carbocycles. The third-order valence-electron chi connectivity index (χ3n) is 1.98. The van der Waals surface area contributed by atoms with Crippen molar-refractivity contribution in [1.82, 2.24) is 9.55 Å². The SMILES string of the molecule is O=c1ncccn1Cc1ccc(CO)o1. The molecule has 0 fully saturated rings. The van der Waals surface area contributed by atoms with Crippen LogP contribution in [-0.2, 0) is 13.2 Å². The van der Waals surface area contributed by atoms with Crippen LogP contribution in [0.5, 0.6) is 0 Å². The van der Waals surface area contributed by atoms with Crippen molar-refractivity contribution in [2.45, 2.75) is 13.2 Å². The molecule has 2 heterocycles. The van der Waals surface area contributed by atoms with Crippen LogP contribution in [-0.4, -0.2) is 14.7 Å². The predicted molar refractivity (Wildman–Crippen MR) is 52.2 cm³/mol. The minimum atomic E-state index is -0.320. The Balaban J connectivity index is 2.22. The summed E-state index contributed by atoms with van der Waals surface area (Å²) >= 11 is 0. The minimum absolute atomic E-state index is 0.137. The zero-order valence-corrected chi connectivity index (χ0v) is 7.96. The number of nitrogens with zero attached hydrogens (tertiary/aromatic N) is 2. The fraction of sp³-hybridized carbons (Fsp3) is 0.200. The van der Waals surface area contributed by atoms with Crippen molar-refractivity contribution in [3.63, 3.8) is 0 Å². The summed E-state index contributed by atoms with van der Waals surface area (Å²) in [5.41, 5.74) is -0.320. The van der Waals surface area contributed by atoms with Gasteiger partial charge in [0.2, 0.25) is 0 Å². The van der Waals surface area contributed by atoms with Crippen LogP contribution >= 0.6 is 0 Å². The number of aliphatic hydroxyl groups is 1. The van der Waals surface area contributed by atoms with Gasteiger partial charge in [0, 0.05) is 12.4 Å². The Morgan fingerprint density at radius 1 is 1.40 bits per heavy atom. The first-order chi connectivity index (χ1) is 7.29. The maximum absolute atomic E-state index is 11.3. The molecule has 2 aromatic heterocycles. The second-order valence-electron chi connectivity index (χ2n) is 3.06. The van der Waals surface area contributed by atoms with Crippen molar-refractivity contribution < 1.29 is 9.52 Å². The van der Waals surface area contributed by atoms with Gasteiger partial charge in [-0.2, -0.15) is 0 Å². The quantitative estimate of drug-likeness (QED) is 0.788. The van der Waals surface area contributed by atoms with Gasteiger partial charge in [0.1, 0.15) is 18.1 Å². The molecule has 0 aromatic carbocycles. The predicted octanol–water partition coefficient (Wildman–Crippen LogP) is 0.377.